The van der Waals surface area contributed by atoms with E-state index in [0.29, 0.717) is 5.56 Å². The average molecular weight is 340 g/mol. The van der Waals surface area contributed by atoms with Gasteiger partial charge in [-0.15, -0.1) is 11.3 Å². The minimum absolute atomic E-state index is 0.0667. The lowest BCUT2D eigenvalue weighted by molar-refractivity contribution is 0.0963. The Morgan fingerprint density at radius 2 is 2.04 bits per heavy atom. The molecule has 0 unspecified atom stereocenters. The summed E-state index contributed by atoms with van der Waals surface area (Å²) in [5.41, 5.74) is 3.88. The molecule has 0 aliphatic carbocycles. The Bertz CT molecular complexity index is 786. The highest BCUT2D eigenvalue weighted by atomic mass is 32.2. The van der Waals surface area contributed by atoms with Crippen LogP contribution in [-0.2, 0) is 5.75 Å². The summed E-state index contributed by atoms with van der Waals surface area (Å²) in [6.45, 7) is 0. The maximum absolute atomic E-state index is 12.1. The number of carbonyl (C=O) groups excluding carboxylic acids is 1. The van der Waals surface area contributed by atoms with Crippen molar-refractivity contribution >= 4 is 29.0 Å². The summed E-state index contributed by atoms with van der Waals surface area (Å²) >= 11 is 3.35. The van der Waals surface area contributed by atoms with Gasteiger partial charge in [0, 0.05) is 29.9 Å². The molecule has 3 nitrogen and oxygen atoms in total. The molecule has 0 radical (unpaired) electrons. The van der Waals surface area contributed by atoms with Crippen molar-refractivity contribution in [3.05, 3.63) is 71.2 Å². The van der Waals surface area contributed by atoms with Crippen LogP contribution in [0.4, 0.5) is 0 Å². The van der Waals surface area contributed by atoms with Crippen molar-refractivity contribution in [2.75, 3.05) is 7.05 Å². The largest absolute Gasteiger partial charge is 0.355 e. The van der Waals surface area contributed by atoms with E-state index in [0.717, 1.165) is 21.2 Å². The molecule has 0 spiro atoms. The lowest BCUT2D eigenvalue weighted by atomic mass is 9.97. The van der Waals surface area contributed by atoms with Crippen LogP contribution in [0.5, 0.6) is 0 Å². The normalized spacial score (nSPS) is 10.5. The minimum Gasteiger partial charge on any atom is -0.355 e. The quantitative estimate of drug-likeness (QED) is 0.697. The highest BCUT2D eigenvalue weighted by molar-refractivity contribution is 8.00. The number of hydrogen-bond donors (Lipinski definition) is 1. The van der Waals surface area contributed by atoms with E-state index in [9.17, 15) is 4.79 Å². The van der Waals surface area contributed by atoms with Gasteiger partial charge in [0.2, 0.25) is 0 Å². The van der Waals surface area contributed by atoms with E-state index in [1.807, 2.05) is 54.0 Å². The Morgan fingerprint density at radius 3 is 2.74 bits per heavy atom. The standard InChI is InChI=1S/C18H16N2OS2/c1-19-17(21)15-8-7-13(12-23-18-20-9-10-22-18)11-16(15)14-5-3-2-4-6-14/h2-11H,12H2,1H3,(H,19,21). The maximum atomic E-state index is 12.1. The van der Waals surface area contributed by atoms with E-state index in [2.05, 4.69) is 16.4 Å². The summed E-state index contributed by atoms with van der Waals surface area (Å²) in [5, 5.41) is 4.69. The molecule has 2 aromatic carbocycles. The van der Waals surface area contributed by atoms with Crippen LogP contribution in [0.25, 0.3) is 11.1 Å². The third-order valence-corrected chi connectivity index (χ3v) is 5.45. The summed E-state index contributed by atoms with van der Waals surface area (Å²) in [6, 6.07) is 16.0. The molecule has 23 heavy (non-hydrogen) atoms. The number of nitrogens with zero attached hydrogens (tertiary/aromatic N) is 1. The second-order valence-corrected chi connectivity index (χ2v) is 7.03. The molecule has 0 fully saturated rings. The van der Waals surface area contributed by atoms with Gasteiger partial charge in [0.1, 0.15) is 4.34 Å². The second-order valence-electron chi connectivity index (χ2n) is 4.91. The van der Waals surface area contributed by atoms with Crippen LogP contribution < -0.4 is 5.32 Å². The summed E-state index contributed by atoms with van der Waals surface area (Å²) in [7, 11) is 1.66. The van der Waals surface area contributed by atoms with Gasteiger partial charge in [0.05, 0.1) is 0 Å². The van der Waals surface area contributed by atoms with Gasteiger partial charge < -0.3 is 5.32 Å². The van der Waals surface area contributed by atoms with Crippen molar-refractivity contribution in [2.45, 2.75) is 10.1 Å². The van der Waals surface area contributed by atoms with Crippen LogP contribution in [-0.4, -0.2) is 17.9 Å². The Hall–Kier alpha value is -2.11. The molecule has 3 rings (SSSR count). The number of hydrogen-bond acceptors (Lipinski definition) is 4. The topological polar surface area (TPSA) is 42.0 Å². The van der Waals surface area contributed by atoms with Gasteiger partial charge in [-0.1, -0.05) is 48.2 Å². The Kier molecular flexibility index (Phi) is 5.10. The fourth-order valence-electron chi connectivity index (χ4n) is 2.30. The third-order valence-electron chi connectivity index (χ3n) is 3.41. The smallest absolute Gasteiger partial charge is 0.251 e. The van der Waals surface area contributed by atoms with Crippen LogP contribution in [0.15, 0.2) is 64.4 Å². The first-order valence-electron chi connectivity index (χ1n) is 7.20. The summed E-state index contributed by atoms with van der Waals surface area (Å²) in [4.78, 5) is 16.4. The Morgan fingerprint density at radius 1 is 1.22 bits per heavy atom. The van der Waals surface area contributed by atoms with Gasteiger partial charge in [-0.05, 0) is 28.8 Å². The second kappa shape index (κ2) is 7.44. The first-order valence-corrected chi connectivity index (χ1v) is 9.07. The molecular weight excluding hydrogens is 324 g/mol. The van der Waals surface area contributed by atoms with Gasteiger partial charge >= 0.3 is 0 Å². The maximum Gasteiger partial charge on any atom is 0.251 e. The van der Waals surface area contributed by atoms with Gasteiger partial charge in [-0.2, -0.15) is 0 Å². The van der Waals surface area contributed by atoms with E-state index >= 15 is 0 Å². The first kappa shape index (κ1) is 15.8. The Balaban J connectivity index is 1.93. The molecule has 1 N–H and O–H groups in total. The van der Waals surface area contributed by atoms with Crippen molar-refractivity contribution in [3.63, 3.8) is 0 Å². The SMILES string of the molecule is CNC(=O)c1ccc(CSc2nccs2)cc1-c1ccccc1. The van der Waals surface area contributed by atoms with E-state index < -0.39 is 0 Å². The third kappa shape index (κ3) is 3.81. The zero-order valence-electron chi connectivity index (χ0n) is 12.7. The van der Waals surface area contributed by atoms with Crippen LogP contribution in [0.3, 0.4) is 0 Å². The van der Waals surface area contributed by atoms with Crippen LogP contribution >= 0.6 is 23.1 Å². The average Bonchev–Trinajstić information content (AvgIpc) is 3.13. The van der Waals surface area contributed by atoms with Crippen molar-refractivity contribution in [1.82, 2.24) is 10.3 Å². The fourth-order valence-corrected chi connectivity index (χ4v) is 3.88. The molecule has 1 amide bonds. The highest BCUT2D eigenvalue weighted by Crippen LogP contribution is 2.29. The van der Waals surface area contributed by atoms with Crippen molar-refractivity contribution in [3.8, 4) is 11.1 Å². The predicted octanol–water partition coefficient (Wildman–Crippen LogP) is 4.46. The highest BCUT2D eigenvalue weighted by Gasteiger charge is 2.12. The first-order chi connectivity index (χ1) is 11.3. The monoisotopic (exact) mass is 340 g/mol. The number of nitrogens with one attached hydrogen (secondary N) is 1. The number of rotatable bonds is 5. The molecule has 3 aromatic rings. The van der Waals surface area contributed by atoms with Crippen molar-refractivity contribution in [2.24, 2.45) is 0 Å². The van der Waals surface area contributed by atoms with Crippen LogP contribution in [0.2, 0.25) is 0 Å². The molecule has 0 aliphatic heterocycles. The molecule has 0 bridgehead atoms. The van der Waals surface area contributed by atoms with E-state index in [1.54, 1.807) is 30.1 Å². The van der Waals surface area contributed by atoms with Crippen LogP contribution in [0.1, 0.15) is 15.9 Å². The number of benzene rings is 2. The summed E-state index contributed by atoms with van der Waals surface area (Å²) in [5.74, 6) is 0.768. The number of carbonyl (C=O) groups is 1. The Labute approximate surface area is 143 Å². The summed E-state index contributed by atoms with van der Waals surface area (Å²) in [6.07, 6.45) is 1.82. The molecule has 5 heteroatoms. The van der Waals surface area contributed by atoms with E-state index in [-0.39, 0.29) is 5.91 Å². The minimum atomic E-state index is -0.0667. The number of thiazole rings is 1. The molecule has 1 heterocycles. The molecule has 116 valence electrons. The lowest BCUT2D eigenvalue weighted by Gasteiger charge is -2.11. The zero-order chi connectivity index (χ0) is 16.1. The molecule has 1 aromatic heterocycles. The van der Waals surface area contributed by atoms with Gasteiger partial charge in [0.25, 0.3) is 5.91 Å². The van der Waals surface area contributed by atoms with Gasteiger partial charge in [0.15, 0.2) is 0 Å². The van der Waals surface area contributed by atoms with Gasteiger partial charge in [-0.3, -0.25) is 4.79 Å². The summed E-state index contributed by atoms with van der Waals surface area (Å²) < 4.78 is 1.06. The number of aromatic nitrogens is 1. The van der Waals surface area contributed by atoms with E-state index in [4.69, 9.17) is 0 Å². The van der Waals surface area contributed by atoms with Crippen molar-refractivity contribution < 1.29 is 4.79 Å². The molecule has 0 aliphatic rings. The van der Waals surface area contributed by atoms with Gasteiger partial charge in [-0.25, -0.2) is 4.98 Å². The molecular formula is C18H16N2OS2. The predicted molar refractivity (Wildman–Crippen MR) is 96.9 cm³/mol. The lowest BCUT2D eigenvalue weighted by Crippen LogP contribution is -2.18. The zero-order valence-corrected chi connectivity index (χ0v) is 14.3. The van der Waals surface area contributed by atoms with E-state index in [1.165, 1.54) is 5.56 Å². The molecule has 0 saturated heterocycles. The molecule has 0 atom stereocenters. The molecule has 0 saturated carbocycles. The number of amides is 1. The fraction of sp³-hybridized carbons (Fsp3) is 0.111. The van der Waals surface area contributed by atoms with Crippen molar-refractivity contribution in [1.29, 1.82) is 0 Å². The number of thioether (sulfide) groups is 1. The van der Waals surface area contributed by atoms with Crippen LogP contribution in [0, 0.1) is 0 Å².